The lowest BCUT2D eigenvalue weighted by molar-refractivity contribution is -0.135. The smallest absolute Gasteiger partial charge is 0.227 e. The molecule has 3 atom stereocenters. The molecule has 3 heterocycles. The second kappa shape index (κ2) is 8.41. The number of amides is 1. The van der Waals surface area contributed by atoms with E-state index in [1.54, 1.807) is 18.3 Å². The van der Waals surface area contributed by atoms with Crippen LogP contribution in [0.3, 0.4) is 0 Å². The average molecular weight is 433 g/mol. The maximum atomic E-state index is 13.3. The minimum absolute atomic E-state index is 0.0195. The molecule has 0 aliphatic carbocycles. The van der Waals surface area contributed by atoms with Crippen molar-refractivity contribution in [3.8, 4) is 0 Å². The lowest BCUT2D eigenvalue weighted by Crippen LogP contribution is -2.51. The Hall–Kier alpha value is -2.36. The summed E-state index contributed by atoms with van der Waals surface area (Å²) >= 11 is 0. The van der Waals surface area contributed by atoms with Gasteiger partial charge in [0.25, 0.3) is 0 Å². The van der Waals surface area contributed by atoms with Gasteiger partial charge < -0.3 is 14.4 Å². The second-order valence-corrected chi connectivity index (χ2v) is 9.77. The SMILES string of the molecule is C[S+](=O)([O-])N1C[C@H](C(=O)N2CCN(c3ccccn3)CC2)C[C@@H]1c1ccc(F)cc1. The normalized spacial score (nSPS) is 24.6. The number of piperazine rings is 1. The zero-order valence-electron chi connectivity index (χ0n) is 16.8. The van der Waals surface area contributed by atoms with E-state index in [4.69, 9.17) is 0 Å². The van der Waals surface area contributed by atoms with Crippen LogP contribution in [-0.2, 0) is 19.4 Å². The maximum Gasteiger partial charge on any atom is 0.227 e. The van der Waals surface area contributed by atoms with Gasteiger partial charge in [0.05, 0.1) is 18.5 Å². The van der Waals surface area contributed by atoms with Gasteiger partial charge in [-0.2, -0.15) is 0 Å². The number of sulfonamides is 1. The third kappa shape index (κ3) is 4.38. The van der Waals surface area contributed by atoms with Crippen molar-refractivity contribution in [1.82, 2.24) is 14.2 Å². The number of aromatic nitrogens is 1. The first-order chi connectivity index (χ1) is 14.3. The zero-order valence-corrected chi connectivity index (χ0v) is 17.6. The van der Waals surface area contributed by atoms with Gasteiger partial charge in [0.15, 0.2) is 0 Å². The van der Waals surface area contributed by atoms with Gasteiger partial charge in [-0.1, -0.05) is 22.4 Å². The Morgan fingerprint density at radius 1 is 1.13 bits per heavy atom. The first-order valence-electron chi connectivity index (χ1n) is 10.00. The van der Waals surface area contributed by atoms with Crippen LogP contribution >= 0.6 is 0 Å². The minimum Gasteiger partial charge on any atom is -0.598 e. The molecule has 2 saturated heterocycles. The van der Waals surface area contributed by atoms with Gasteiger partial charge in [0, 0.05) is 32.4 Å². The summed E-state index contributed by atoms with van der Waals surface area (Å²) in [7, 11) is -3.50. The third-order valence-electron chi connectivity index (χ3n) is 5.85. The Bertz CT molecular complexity index is 929. The van der Waals surface area contributed by atoms with E-state index in [1.807, 2.05) is 23.1 Å². The molecule has 0 radical (unpaired) electrons. The fourth-order valence-corrected chi connectivity index (χ4v) is 5.41. The number of carbonyl (C=O) groups excluding carboxylic acids is 1. The number of hydrogen-bond acceptors (Lipinski definition) is 5. The molecule has 2 aromatic rings. The van der Waals surface area contributed by atoms with Crippen molar-refractivity contribution >= 4 is 22.1 Å². The fraction of sp³-hybridized carbons (Fsp3) is 0.429. The predicted molar refractivity (Wildman–Crippen MR) is 112 cm³/mol. The van der Waals surface area contributed by atoms with Crippen molar-refractivity contribution < 1.29 is 17.9 Å². The van der Waals surface area contributed by atoms with E-state index < -0.39 is 22.4 Å². The summed E-state index contributed by atoms with van der Waals surface area (Å²) in [5.74, 6) is 0.0938. The van der Waals surface area contributed by atoms with E-state index >= 15 is 0 Å². The second-order valence-electron chi connectivity index (χ2n) is 7.83. The Balaban J connectivity index is 1.44. The minimum atomic E-state index is -3.50. The maximum absolute atomic E-state index is 13.3. The van der Waals surface area contributed by atoms with Gasteiger partial charge in [0.2, 0.25) is 5.91 Å². The number of benzene rings is 1. The topological polar surface area (TPSA) is 79.8 Å². The molecular formula is C21H25FN4O3S. The zero-order chi connectivity index (χ0) is 21.3. The fourth-order valence-electron chi connectivity index (χ4n) is 4.29. The van der Waals surface area contributed by atoms with E-state index in [0.717, 1.165) is 12.1 Å². The lowest BCUT2D eigenvalue weighted by Gasteiger charge is -2.36. The van der Waals surface area contributed by atoms with E-state index in [0.29, 0.717) is 38.2 Å². The van der Waals surface area contributed by atoms with Crippen LogP contribution < -0.4 is 4.90 Å². The molecule has 1 aromatic heterocycles. The Kier molecular flexibility index (Phi) is 5.86. The summed E-state index contributed by atoms with van der Waals surface area (Å²) in [6.45, 7) is 2.68. The van der Waals surface area contributed by atoms with E-state index in [-0.39, 0.29) is 18.3 Å². The van der Waals surface area contributed by atoms with Gasteiger partial charge in [-0.3, -0.25) is 4.79 Å². The van der Waals surface area contributed by atoms with Crippen molar-refractivity contribution in [1.29, 1.82) is 0 Å². The van der Waals surface area contributed by atoms with Gasteiger partial charge in [0.1, 0.15) is 28.3 Å². The molecule has 1 unspecified atom stereocenters. The van der Waals surface area contributed by atoms with Gasteiger partial charge >= 0.3 is 0 Å². The molecule has 7 nitrogen and oxygen atoms in total. The highest BCUT2D eigenvalue weighted by atomic mass is 32.3. The number of anilines is 1. The molecule has 160 valence electrons. The number of rotatable bonds is 4. The quantitative estimate of drug-likeness (QED) is 0.692. The number of halogens is 1. The molecule has 1 aromatic carbocycles. The summed E-state index contributed by atoms with van der Waals surface area (Å²) in [6.07, 6.45) is 3.31. The highest BCUT2D eigenvalue weighted by Gasteiger charge is 2.45. The number of pyridine rings is 1. The molecule has 9 heteroatoms. The van der Waals surface area contributed by atoms with Crippen molar-refractivity contribution in [2.75, 3.05) is 43.9 Å². The van der Waals surface area contributed by atoms with E-state index in [1.165, 1.54) is 16.4 Å². The van der Waals surface area contributed by atoms with Gasteiger partial charge in [-0.15, -0.1) is 4.31 Å². The third-order valence-corrected chi connectivity index (χ3v) is 7.11. The van der Waals surface area contributed by atoms with Crippen molar-refractivity contribution in [2.45, 2.75) is 12.5 Å². The van der Waals surface area contributed by atoms with Crippen LogP contribution in [0.25, 0.3) is 0 Å². The molecular weight excluding hydrogens is 407 g/mol. The van der Waals surface area contributed by atoms with Crippen LogP contribution in [0, 0.1) is 11.7 Å². The highest BCUT2D eigenvalue weighted by molar-refractivity contribution is 7.94. The monoisotopic (exact) mass is 432 g/mol. The first kappa shape index (κ1) is 20.9. The summed E-state index contributed by atoms with van der Waals surface area (Å²) < 4.78 is 39.4. The number of hydrogen-bond donors (Lipinski definition) is 0. The van der Waals surface area contributed by atoms with Crippen LogP contribution in [0.2, 0.25) is 0 Å². The number of nitrogens with zero attached hydrogens (tertiary/aromatic N) is 4. The molecule has 4 rings (SSSR count). The summed E-state index contributed by atoms with van der Waals surface area (Å²) in [6, 6.07) is 11.1. The standard InChI is InChI=1S/C21H25FN4O3S/c1-30(28,29)26-15-17(14-19(26)16-5-7-18(22)8-6-16)21(27)25-12-10-24(11-13-25)20-4-2-3-9-23-20/h2-9,17,19H,10-15H2,1H3/t17-,19-/m1/s1. The van der Waals surface area contributed by atoms with Crippen molar-refractivity contribution in [3.63, 3.8) is 0 Å². The summed E-state index contributed by atoms with van der Waals surface area (Å²) in [4.78, 5) is 21.5. The van der Waals surface area contributed by atoms with Crippen LogP contribution in [0.4, 0.5) is 10.2 Å². The van der Waals surface area contributed by atoms with Crippen LogP contribution in [0.5, 0.6) is 0 Å². The predicted octanol–water partition coefficient (Wildman–Crippen LogP) is 2.11. The molecule has 2 fully saturated rings. The van der Waals surface area contributed by atoms with E-state index in [9.17, 15) is 17.9 Å². The van der Waals surface area contributed by atoms with Crippen LogP contribution in [-0.4, -0.2) is 63.6 Å². The molecule has 2 aliphatic rings. The average Bonchev–Trinajstić information content (AvgIpc) is 3.21. The molecule has 0 spiro atoms. The van der Waals surface area contributed by atoms with Crippen LogP contribution in [0.1, 0.15) is 18.0 Å². The molecule has 1 amide bonds. The van der Waals surface area contributed by atoms with Crippen LogP contribution in [0.15, 0.2) is 48.7 Å². The summed E-state index contributed by atoms with van der Waals surface area (Å²) in [5, 5.41) is 0. The summed E-state index contributed by atoms with van der Waals surface area (Å²) in [5.41, 5.74) is 0.706. The molecule has 30 heavy (non-hydrogen) atoms. The van der Waals surface area contributed by atoms with Crippen molar-refractivity contribution in [3.05, 3.63) is 60.0 Å². The molecule has 0 N–H and O–H groups in total. The van der Waals surface area contributed by atoms with E-state index in [2.05, 4.69) is 9.88 Å². The Labute approximate surface area is 176 Å². The largest absolute Gasteiger partial charge is 0.598 e. The Morgan fingerprint density at radius 3 is 2.43 bits per heavy atom. The number of carbonyl (C=O) groups is 1. The van der Waals surface area contributed by atoms with Gasteiger partial charge in [-0.05, 0) is 36.2 Å². The highest BCUT2D eigenvalue weighted by Crippen LogP contribution is 2.39. The molecule has 2 aliphatic heterocycles. The first-order valence-corrected chi connectivity index (χ1v) is 11.8. The lowest BCUT2D eigenvalue weighted by atomic mass is 9.98. The Morgan fingerprint density at radius 2 is 1.83 bits per heavy atom. The molecule has 0 bridgehead atoms. The van der Waals surface area contributed by atoms with Crippen molar-refractivity contribution in [2.24, 2.45) is 5.92 Å². The molecule has 0 saturated carbocycles. The van der Waals surface area contributed by atoms with Gasteiger partial charge in [-0.25, -0.2) is 9.37 Å².